The maximum Gasteiger partial charge on any atom is 0.573 e. The lowest BCUT2D eigenvalue weighted by molar-refractivity contribution is -0.274. The molecule has 200 valence electrons. The van der Waals surface area contributed by atoms with Crippen LogP contribution in [-0.2, 0) is 6.42 Å². The standard InChI is InChI=1S/C26H22F3N7O2S/c1-14-4-3-5-15(2)22(14)35-25(37)36-39-33-12-21-30-11-19-20(34-21)10-18(23-24(19)32-13-31-23)16-6-8-17(9-7-16)38-26(27,28)29/h3-9,11-13,18H,10H2,1-2H3,(H,31,32)(H2,35,36,37)/b33-12+. The fraction of sp³-hybridized carbons (Fsp3) is 0.192. The summed E-state index contributed by atoms with van der Waals surface area (Å²) in [6.45, 7) is 3.82. The van der Waals surface area contributed by atoms with Gasteiger partial charge in [0.15, 0.2) is 5.82 Å². The van der Waals surface area contributed by atoms with Crippen molar-refractivity contribution in [3.8, 4) is 17.0 Å². The number of hydrogen-bond donors (Lipinski definition) is 3. The molecule has 2 amide bonds. The number of para-hydroxylation sites is 1. The largest absolute Gasteiger partial charge is 0.573 e. The second kappa shape index (κ2) is 10.8. The van der Waals surface area contributed by atoms with E-state index in [-0.39, 0.29) is 11.7 Å². The first-order chi connectivity index (χ1) is 18.7. The number of fused-ring (bicyclic) bond motifs is 3. The zero-order valence-corrected chi connectivity index (χ0v) is 21.5. The van der Waals surface area contributed by atoms with Crippen LogP contribution in [0.3, 0.4) is 0 Å². The Hall–Kier alpha value is -4.39. The number of alkyl halides is 3. The third-order valence-electron chi connectivity index (χ3n) is 6.15. The summed E-state index contributed by atoms with van der Waals surface area (Å²) >= 11 is 0.835. The van der Waals surface area contributed by atoms with Crippen molar-refractivity contribution < 1.29 is 22.7 Å². The minimum atomic E-state index is -4.76. The molecule has 2 aromatic heterocycles. The number of anilines is 1. The molecule has 4 aromatic rings. The van der Waals surface area contributed by atoms with E-state index in [1.807, 2.05) is 32.0 Å². The molecular formula is C26H22F3N7O2S. The minimum Gasteiger partial charge on any atom is -0.406 e. The molecule has 0 fully saturated rings. The Morgan fingerprint density at radius 3 is 2.62 bits per heavy atom. The van der Waals surface area contributed by atoms with Crippen molar-refractivity contribution in [3.05, 3.63) is 88.9 Å². The molecule has 2 heterocycles. The number of aromatic amines is 1. The normalized spacial score (nSPS) is 14.5. The summed E-state index contributed by atoms with van der Waals surface area (Å²) in [5.41, 5.74) is 6.41. The lowest BCUT2D eigenvalue weighted by atomic mass is 9.83. The van der Waals surface area contributed by atoms with Crippen LogP contribution in [0.4, 0.5) is 23.7 Å². The summed E-state index contributed by atoms with van der Waals surface area (Å²) in [4.78, 5) is 28.8. The number of urea groups is 1. The third-order valence-corrected chi connectivity index (χ3v) is 6.64. The number of carbonyl (C=O) groups is 1. The number of H-pyrrole nitrogens is 1. The molecule has 1 atom stereocenters. The number of aryl methyl sites for hydroxylation is 2. The van der Waals surface area contributed by atoms with Gasteiger partial charge in [-0.25, -0.2) is 19.7 Å². The van der Waals surface area contributed by atoms with E-state index in [1.54, 1.807) is 24.7 Å². The van der Waals surface area contributed by atoms with Crippen molar-refractivity contribution in [1.82, 2.24) is 24.7 Å². The number of carbonyl (C=O) groups excluding carboxylic acids is 1. The summed E-state index contributed by atoms with van der Waals surface area (Å²) < 4.78 is 48.3. The number of halogens is 3. The molecule has 5 rings (SSSR count). The van der Waals surface area contributed by atoms with Crippen molar-refractivity contribution >= 4 is 30.1 Å². The highest BCUT2D eigenvalue weighted by Crippen LogP contribution is 2.40. The summed E-state index contributed by atoms with van der Waals surface area (Å²) in [5, 5.41) is 2.81. The van der Waals surface area contributed by atoms with Crippen LogP contribution in [0.1, 0.15) is 39.8 Å². The van der Waals surface area contributed by atoms with E-state index in [0.29, 0.717) is 17.9 Å². The van der Waals surface area contributed by atoms with Gasteiger partial charge in [-0.2, -0.15) is 4.40 Å². The van der Waals surface area contributed by atoms with Gasteiger partial charge >= 0.3 is 12.4 Å². The zero-order chi connectivity index (χ0) is 27.6. The summed E-state index contributed by atoms with van der Waals surface area (Å²) in [7, 11) is 0. The molecule has 1 unspecified atom stereocenters. The number of ether oxygens (including phenoxy) is 1. The van der Waals surface area contributed by atoms with Crippen molar-refractivity contribution in [3.63, 3.8) is 0 Å². The van der Waals surface area contributed by atoms with Crippen LogP contribution in [-0.4, -0.2) is 38.5 Å². The van der Waals surface area contributed by atoms with Crippen LogP contribution in [0.2, 0.25) is 0 Å². The summed E-state index contributed by atoms with van der Waals surface area (Å²) in [6, 6.07) is 11.1. The van der Waals surface area contributed by atoms with E-state index in [1.165, 1.54) is 18.3 Å². The molecule has 1 aliphatic carbocycles. The molecule has 0 spiro atoms. The van der Waals surface area contributed by atoms with E-state index >= 15 is 0 Å². The average molecular weight is 554 g/mol. The van der Waals surface area contributed by atoms with Crippen molar-refractivity contribution in [2.45, 2.75) is 32.5 Å². The molecule has 0 radical (unpaired) electrons. The Morgan fingerprint density at radius 2 is 1.90 bits per heavy atom. The molecule has 0 saturated carbocycles. The van der Waals surface area contributed by atoms with Gasteiger partial charge in [-0.1, -0.05) is 30.3 Å². The molecule has 13 heteroatoms. The van der Waals surface area contributed by atoms with E-state index in [2.05, 4.69) is 39.1 Å². The first-order valence-electron chi connectivity index (χ1n) is 11.8. The van der Waals surface area contributed by atoms with E-state index in [4.69, 9.17) is 0 Å². The minimum absolute atomic E-state index is 0.209. The van der Waals surface area contributed by atoms with Crippen LogP contribution in [0.15, 0.2) is 59.4 Å². The third kappa shape index (κ3) is 6.03. The number of rotatable bonds is 6. The topological polar surface area (TPSA) is 117 Å². The van der Waals surface area contributed by atoms with Crippen molar-refractivity contribution in [2.75, 3.05) is 5.32 Å². The number of nitrogens with zero attached hydrogens (tertiary/aromatic N) is 4. The van der Waals surface area contributed by atoms with Gasteiger partial charge in [0.25, 0.3) is 0 Å². The van der Waals surface area contributed by atoms with E-state index in [9.17, 15) is 18.0 Å². The van der Waals surface area contributed by atoms with Gasteiger partial charge in [-0.3, -0.25) is 4.72 Å². The first-order valence-corrected chi connectivity index (χ1v) is 12.5. The van der Waals surface area contributed by atoms with Gasteiger partial charge < -0.3 is 15.0 Å². The average Bonchev–Trinajstić information content (AvgIpc) is 3.38. The van der Waals surface area contributed by atoms with Crippen LogP contribution in [0, 0.1) is 13.8 Å². The highest BCUT2D eigenvalue weighted by Gasteiger charge is 2.32. The maximum absolute atomic E-state index is 12.5. The van der Waals surface area contributed by atoms with Gasteiger partial charge in [0, 0.05) is 29.8 Å². The maximum atomic E-state index is 12.5. The predicted octanol–water partition coefficient (Wildman–Crippen LogP) is 5.87. The quantitative estimate of drug-likeness (QED) is 0.203. The second-order valence-electron chi connectivity index (χ2n) is 8.78. The van der Waals surface area contributed by atoms with Gasteiger partial charge in [-0.05, 0) is 42.7 Å². The molecule has 0 saturated heterocycles. The van der Waals surface area contributed by atoms with E-state index in [0.717, 1.165) is 51.5 Å². The monoisotopic (exact) mass is 553 g/mol. The lowest BCUT2D eigenvalue weighted by Crippen LogP contribution is -2.23. The van der Waals surface area contributed by atoms with Crippen LogP contribution in [0.25, 0.3) is 11.3 Å². The molecule has 9 nitrogen and oxygen atoms in total. The number of benzene rings is 2. The van der Waals surface area contributed by atoms with Crippen LogP contribution >= 0.6 is 12.1 Å². The predicted molar refractivity (Wildman–Crippen MR) is 142 cm³/mol. The zero-order valence-electron chi connectivity index (χ0n) is 20.7. The first kappa shape index (κ1) is 26.2. The Morgan fingerprint density at radius 1 is 1.15 bits per heavy atom. The Kier molecular flexibility index (Phi) is 7.24. The van der Waals surface area contributed by atoms with Crippen LogP contribution < -0.4 is 14.8 Å². The number of amides is 2. The smallest absolute Gasteiger partial charge is 0.406 e. The Balaban J connectivity index is 1.27. The number of imidazole rings is 1. The van der Waals surface area contributed by atoms with Gasteiger partial charge in [0.2, 0.25) is 0 Å². The molecule has 3 N–H and O–H groups in total. The SMILES string of the molecule is Cc1cccc(C)c1NC(=O)NS/N=C/c1ncc2c(n1)CC(c1ccc(OC(F)(F)F)cc1)c1[nH]cnc1-2. The lowest BCUT2D eigenvalue weighted by Gasteiger charge is -2.24. The van der Waals surface area contributed by atoms with E-state index < -0.39 is 12.4 Å². The van der Waals surface area contributed by atoms with Gasteiger partial charge in [0.05, 0.1) is 41.8 Å². The highest BCUT2D eigenvalue weighted by molar-refractivity contribution is 7.96. The fourth-order valence-electron chi connectivity index (χ4n) is 4.41. The number of hydrogen-bond acceptors (Lipinski definition) is 7. The van der Waals surface area contributed by atoms with Gasteiger partial charge in [0.1, 0.15) is 5.75 Å². The summed E-state index contributed by atoms with van der Waals surface area (Å²) in [6.07, 6.45) is 0.370. The summed E-state index contributed by atoms with van der Waals surface area (Å²) in [5.74, 6) is -0.161. The fourth-order valence-corrected chi connectivity index (χ4v) is 4.74. The molecule has 0 bridgehead atoms. The molecular weight excluding hydrogens is 531 g/mol. The molecule has 0 aliphatic heterocycles. The van der Waals surface area contributed by atoms with Crippen LogP contribution in [0.5, 0.6) is 5.75 Å². The highest BCUT2D eigenvalue weighted by atomic mass is 32.2. The molecule has 39 heavy (non-hydrogen) atoms. The Bertz CT molecular complexity index is 1520. The van der Waals surface area contributed by atoms with Gasteiger partial charge in [-0.15, -0.1) is 13.2 Å². The Labute approximate surface area is 225 Å². The molecule has 2 aromatic carbocycles. The number of aromatic nitrogens is 4. The van der Waals surface area contributed by atoms with Crippen molar-refractivity contribution in [2.24, 2.45) is 4.40 Å². The molecule has 1 aliphatic rings. The number of nitrogens with one attached hydrogen (secondary N) is 3. The second-order valence-corrected chi connectivity index (χ2v) is 9.37. The van der Waals surface area contributed by atoms with Crippen molar-refractivity contribution in [1.29, 1.82) is 0 Å².